The quantitative estimate of drug-likeness (QED) is 0.263. The van der Waals surface area contributed by atoms with E-state index in [0.717, 1.165) is 11.3 Å². The summed E-state index contributed by atoms with van der Waals surface area (Å²) in [5.41, 5.74) is 0.982. The van der Waals surface area contributed by atoms with Crippen LogP contribution in [0.2, 0.25) is 18.1 Å². The Bertz CT molecular complexity index is 605. The molecular weight excluding hydrogens is 385 g/mol. The van der Waals surface area contributed by atoms with Crippen molar-refractivity contribution in [2.75, 3.05) is 6.61 Å². The van der Waals surface area contributed by atoms with E-state index in [9.17, 15) is 0 Å². The van der Waals surface area contributed by atoms with Crippen LogP contribution in [-0.2, 0) is 4.74 Å². The van der Waals surface area contributed by atoms with Gasteiger partial charge in [-0.25, -0.2) is 0 Å². The molecule has 0 saturated heterocycles. The van der Waals surface area contributed by atoms with Gasteiger partial charge in [0.25, 0.3) is 3.79 Å². The van der Waals surface area contributed by atoms with Crippen LogP contribution in [0.25, 0.3) is 6.08 Å². The van der Waals surface area contributed by atoms with Crippen molar-refractivity contribution in [1.82, 2.24) is 0 Å². The molecule has 0 unspecified atom stereocenters. The molecule has 0 heterocycles. The molecule has 1 aromatic carbocycles. The van der Waals surface area contributed by atoms with E-state index >= 15 is 0 Å². The Hall–Kier alpha value is -0.683. The van der Waals surface area contributed by atoms with Crippen molar-refractivity contribution in [3.05, 3.63) is 35.9 Å². The minimum atomic E-state index is -1.86. The van der Waals surface area contributed by atoms with Crippen molar-refractivity contribution in [1.29, 1.82) is 5.41 Å². The molecule has 1 N–H and O–H groups in total. The van der Waals surface area contributed by atoms with Gasteiger partial charge in [-0.2, -0.15) is 0 Å². The van der Waals surface area contributed by atoms with Gasteiger partial charge >= 0.3 is 0 Å². The predicted octanol–water partition coefficient (Wildman–Crippen LogP) is 6.45. The molecule has 0 aliphatic heterocycles. The third-order valence-corrected chi connectivity index (χ3v) is 8.80. The fourth-order valence-electron chi connectivity index (χ4n) is 1.53. The van der Waals surface area contributed by atoms with E-state index in [-0.39, 0.29) is 11.6 Å². The molecule has 0 saturated carbocycles. The van der Waals surface area contributed by atoms with Crippen molar-refractivity contribution < 1.29 is 9.16 Å². The van der Waals surface area contributed by atoms with Gasteiger partial charge in [-0.3, -0.25) is 5.41 Å². The van der Waals surface area contributed by atoms with Crippen LogP contribution < -0.4 is 4.43 Å². The summed E-state index contributed by atoms with van der Waals surface area (Å²) < 4.78 is 9.51. The second kappa shape index (κ2) is 8.13. The Morgan fingerprint density at radius 2 is 1.83 bits per heavy atom. The smallest absolute Gasteiger partial charge is 0.265 e. The molecule has 0 fully saturated rings. The third kappa shape index (κ3) is 6.67. The molecule has 0 aliphatic carbocycles. The van der Waals surface area contributed by atoms with Gasteiger partial charge in [0.2, 0.25) is 14.2 Å². The molecule has 0 spiro atoms. The number of hydrogen-bond donors (Lipinski definition) is 1. The zero-order valence-corrected chi connectivity index (χ0v) is 17.9. The van der Waals surface area contributed by atoms with E-state index in [1.165, 1.54) is 0 Å². The fourth-order valence-corrected chi connectivity index (χ4v) is 2.71. The lowest BCUT2D eigenvalue weighted by molar-refractivity contribution is 0.341. The number of halogens is 3. The van der Waals surface area contributed by atoms with Gasteiger partial charge in [0.1, 0.15) is 12.4 Å². The van der Waals surface area contributed by atoms with Crippen LogP contribution in [-0.4, -0.2) is 24.6 Å². The first-order valence-electron chi connectivity index (χ1n) is 7.57. The van der Waals surface area contributed by atoms with E-state index in [0.29, 0.717) is 0 Å². The summed E-state index contributed by atoms with van der Waals surface area (Å²) >= 11 is 16.6. The lowest BCUT2D eigenvalue weighted by atomic mass is 10.2. The Kier molecular flexibility index (Phi) is 7.24. The lowest BCUT2D eigenvalue weighted by Crippen LogP contribution is -2.43. The van der Waals surface area contributed by atoms with Crippen molar-refractivity contribution in [2.45, 2.75) is 42.7 Å². The van der Waals surface area contributed by atoms with Crippen molar-refractivity contribution in [2.24, 2.45) is 0 Å². The Labute approximate surface area is 160 Å². The molecule has 0 atom stereocenters. The molecule has 0 amide bonds. The Balaban J connectivity index is 2.69. The maximum absolute atomic E-state index is 7.45. The number of benzene rings is 1. The number of hydrogen-bond acceptors (Lipinski definition) is 3. The molecule has 0 aliphatic rings. The maximum Gasteiger partial charge on any atom is 0.265 e. The Morgan fingerprint density at radius 3 is 2.38 bits per heavy atom. The molecule has 24 heavy (non-hydrogen) atoms. The highest BCUT2D eigenvalue weighted by Crippen LogP contribution is 2.37. The number of ether oxygens (including phenoxy) is 1. The molecule has 0 aromatic heterocycles. The largest absolute Gasteiger partial charge is 0.543 e. The summed E-state index contributed by atoms with van der Waals surface area (Å²) in [6.45, 7) is 11.2. The molecular formula is C17H24Cl3NO2Si. The van der Waals surface area contributed by atoms with Crippen LogP contribution in [0.5, 0.6) is 5.75 Å². The van der Waals surface area contributed by atoms with Crippen LogP contribution in [0.3, 0.4) is 0 Å². The van der Waals surface area contributed by atoms with E-state index in [1.54, 1.807) is 6.08 Å². The Morgan fingerprint density at radius 1 is 1.21 bits per heavy atom. The lowest BCUT2D eigenvalue weighted by Gasteiger charge is -2.36. The van der Waals surface area contributed by atoms with E-state index < -0.39 is 18.0 Å². The van der Waals surface area contributed by atoms with Crippen molar-refractivity contribution >= 4 is 55.1 Å². The molecule has 3 nitrogen and oxygen atoms in total. The van der Waals surface area contributed by atoms with Crippen LogP contribution >= 0.6 is 34.8 Å². The van der Waals surface area contributed by atoms with E-state index in [4.69, 9.17) is 49.4 Å². The SMILES string of the molecule is CC(C)(C)[Si](C)(C)Oc1cccc(/C=C/COC(=N)C(Cl)(Cl)Cl)c1. The van der Waals surface area contributed by atoms with Gasteiger partial charge in [-0.05, 0) is 41.9 Å². The van der Waals surface area contributed by atoms with Gasteiger partial charge in [0.05, 0.1) is 0 Å². The normalized spacial score (nSPS) is 13.2. The maximum atomic E-state index is 7.45. The summed E-state index contributed by atoms with van der Waals surface area (Å²) in [4.78, 5) is 0. The number of alkyl halides is 3. The summed E-state index contributed by atoms with van der Waals surface area (Å²) in [7, 11) is -1.86. The molecule has 1 aromatic rings. The van der Waals surface area contributed by atoms with Gasteiger partial charge in [0, 0.05) is 0 Å². The summed E-state index contributed by atoms with van der Waals surface area (Å²) in [5.74, 6) is 0.464. The fraction of sp³-hybridized carbons (Fsp3) is 0.471. The topological polar surface area (TPSA) is 42.3 Å². The second-order valence-corrected chi connectivity index (χ2v) is 14.0. The zero-order valence-electron chi connectivity index (χ0n) is 14.6. The predicted molar refractivity (Wildman–Crippen MR) is 107 cm³/mol. The first-order valence-corrected chi connectivity index (χ1v) is 11.6. The summed E-state index contributed by atoms with van der Waals surface area (Å²) in [6, 6.07) is 7.87. The van der Waals surface area contributed by atoms with Gasteiger partial charge in [-0.1, -0.05) is 73.8 Å². The van der Waals surface area contributed by atoms with Crippen LogP contribution in [0.4, 0.5) is 0 Å². The molecule has 1 rings (SSSR count). The first-order chi connectivity index (χ1) is 10.8. The van der Waals surface area contributed by atoms with E-state index in [1.807, 2.05) is 30.3 Å². The monoisotopic (exact) mass is 407 g/mol. The van der Waals surface area contributed by atoms with Crippen molar-refractivity contribution in [3.8, 4) is 5.75 Å². The third-order valence-electron chi connectivity index (χ3n) is 3.93. The van der Waals surface area contributed by atoms with Crippen LogP contribution in [0.1, 0.15) is 26.3 Å². The van der Waals surface area contributed by atoms with Gasteiger partial charge in [0.15, 0.2) is 0 Å². The molecule has 0 bridgehead atoms. The highest BCUT2D eigenvalue weighted by molar-refractivity contribution is 6.76. The zero-order chi connectivity index (χ0) is 18.6. The average Bonchev–Trinajstić information content (AvgIpc) is 2.41. The molecule has 7 heteroatoms. The van der Waals surface area contributed by atoms with Crippen molar-refractivity contribution in [3.63, 3.8) is 0 Å². The average molecular weight is 409 g/mol. The number of nitrogens with one attached hydrogen (secondary N) is 1. The highest BCUT2D eigenvalue weighted by Gasteiger charge is 2.38. The highest BCUT2D eigenvalue weighted by atomic mass is 35.6. The van der Waals surface area contributed by atoms with E-state index in [2.05, 4.69) is 33.9 Å². The summed E-state index contributed by atoms with van der Waals surface area (Å²) in [6.07, 6.45) is 3.64. The summed E-state index contributed by atoms with van der Waals surface area (Å²) in [5, 5.41) is 7.59. The minimum Gasteiger partial charge on any atom is -0.543 e. The van der Waals surface area contributed by atoms with Crippen LogP contribution in [0, 0.1) is 5.41 Å². The van der Waals surface area contributed by atoms with Crippen LogP contribution in [0.15, 0.2) is 30.3 Å². The van der Waals surface area contributed by atoms with Gasteiger partial charge < -0.3 is 9.16 Å². The molecule has 134 valence electrons. The second-order valence-electron chi connectivity index (χ2n) is 6.98. The van der Waals surface area contributed by atoms with Gasteiger partial charge in [-0.15, -0.1) is 0 Å². The standard InChI is InChI=1S/C17H24Cl3NO2Si/c1-16(2,3)24(4,5)23-14-10-6-8-13(12-14)9-7-11-22-15(21)17(18,19)20/h6-10,12,21H,11H2,1-5H3/b9-7+,21-15?. The molecule has 0 radical (unpaired) electrons. The minimum absolute atomic E-state index is 0.143. The first kappa shape index (κ1) is 21.4. The number of rotatable bonds is 5.